The van der Waals surface area contributed by atoms with E-state index in [1.807, 2.05) is 18.7 Å². The van der Waals surface area contributed by atoms with E-state index < -0.39 is 0 Å². The number of ether oxygens (including phenoxy) is 2. The van der Waals surface area contributed by atoms with Crippen molar-refractivity contribution in [3.8, 4) is 0 Å². The molecule has 0 aliphatic carbocycles. The van der Waals surface area contributed by atoms with Gasteiger partial charge < -0.3 is 9.47 Å². The highest BCUT2D eigenvalue weighted by atomic mass is 16.5. The molecule has 0 spiro atoms. The van der Waals surface area contributed by atoms with Gasteiger partial charge in [-0.3, -0.25) is 4.90 Å². The van der Waals surface area contributed by atoms with E-state index in [4.69, 9.17) is 9.47 Å². The minimum Gasteiger partial charge on any atom is -0.363 e. The second-order valence-electron chi connectivity index (χ2n) is 4.16. The molecule has 0 aromatic heterocycles. The third kappa shape index (κ3) is 7.20. The van der Waals surface area contributed by atoms with Crippen molar-refractivity contribution in [2.75, 3.05) is 13.2 Å². The SMILES string of the molecule is [CH2]N(C(C)OCCCC)C(C)OCCCC. The monoisotopic (exact) mass is 230 g/mol. The quantitative estimate of drug-likeness (QED) is 0.424. The van der Waals surface area contributed by atoms with Gasteiger partial charge in [-0.25, -0.2) is 0 Å². The molecule has 0 fully saturated rings. The van der Waals surface area contributed by atoms with Crippen LogP contribution < -0.4 is 0 Å². The van der Waals surface area contributed by atoms with E-state index in [2.05, 4.69) is 20.9 Å². The van der Waals surface area contributed by atoms with Gasteiger partial charge in [-0.05, 0) is 26.7 Å². The molecular formula is C13H28NO2. The van der Waals surface area contributed by atoms with E-state index >= 15 is 0 Å². The maximum absolute atomic E-state index is 5.66. The molecule has 97 valence electrons. The van der Waals surface area contributed by atoms with Crippen LogP contribution in [0, 0.1) is 7.05 Å². The van der Waals surface area contributed by atoms with Crippen molar-refractivity contribution in [2.24, 2.45) is 0 Å². The van der Waals surface area contributed by atoms with Gasteiger partial charge in [0.1, 0.15) is 12.5 Å². The molecule has 3 heteroatoms. The van der Waals surface area contributed by atoms with Crippen LogP contribution in [-0.2, 0) is 9.47 Å². The van der Waals surface area contributed by atoms with Crippen molar-refractivity contribution in [2.45, 2.75) is 65.8 Å². The molecule has 1 radical (unpaired) electrons. The van der Waals surface area contributed by atoms with Gasteiger partial charge in [-0.1, -0.05) is 26.7 Å². The fraction of sp³-hybridized carbons (Fsp3) is 0.923. The topological polar surface area (TPSA) is 21.7 Å². The molecule has 0 N–H and O–H groups in total. The Kier molecular flexibility index (Phi) is 9.99. The van der Waals surface area contributed by atoms with Crippen LogP contribution in [-0.4, -0.2) is 30.6 Å². The van der Waals surface area contributed by atoms with Crippen LogP contribution in [0.15, 0.2) is 0 Å². The van der Waals surface area contributed by atoms with Crippen LogP contribution in [0.4, 0.5) is 0 Å². The second-order valence-corrected chi connectivity index (χ2v) is 4.16. The van der Waals surface area contributed by atoms with Gasteiger partial charge in [0.15, 0.2) is 0 Å². The lowest BCUT2D eigenvalue weighted by Crippen LogP contribution is -2.38. The van der Waals surface area contributed by atoms with E-state index in [9.17, 15) is 0 Å². The van der Waals surface area contributed by atoms with Crippen LogP contribution in [0.25, 0.3) is 0 Å². The summed E-state index contributed by atoms with van der Waals surface area (Å²) < 4.78 is 11.3. The Bertz CT molecular complexity index is 137. The summed E-state index contributed by atoms with van der Waals surface area (Å²) >= 11 is 0. The third-order valence-corrected chi connectivity index (χ3v) is 2.65. The number of unbranched alkanes of at least 4 members (excludes halogenated alkanes) is 2. The standard InChI is InChI=1S/C13H28NO2/c1-6-8-10-15-12(3)14(5)13(4)16-11-9-7-2/h12-13H,5-11H2,1-4H3. The van der Waals surface area contributed by atoms with Gasteiger partial charge >= 0.3 is 0 Å². The first-order valence-corrected chi connectivity index (χ1v) is 6.45. The van der Waals surface area contributed by atoms with Gasteiger partial charge in [0.2, 0.25) is 0 Å². The molecule has 0 rings (SSSR count). The van der Waals surface area contributed by atoms with E-state index in [0.717, 1.165) is 38.9 Å². The van der Waals surface area contributed by atoms with Gasteiger partial charge in [0, 0.05) is 20.3 Å². The largest absolute Gasteiger partial charge is 0.363 e. The van der Waals surface area contributed by atoms with Gasteiger partial charge in [-0.15, -0.1) is 0 Å². The molecule has 0 aromatic carbocycles. The third-order valence-electron chi connectivity index (χ3n) is 2.65. The summed E-state index contributed by atoms with van der Waals surface area (Å²) in [6.45, 7) is 9.94. The number of rotatable bonds is 10. The van der Waals surface area contributed by atoms with E-state index in [0.29, 0.717) is 0 Å². The number of hydrogen-bond donors (Lipinski definition) is 0. The maximum Gasteiger partial charge on any atom is 0.109 e. The lowest BCUT2D eigenvalue weighted by atomic mass is 10.3. The first-order chi connectivity index (χ1) is 7.63. The Morgan fingerprint density at radius 1 is 0.938 bits per heavy atom. The van der Waals surface area contributed by atoms with Gasteiger partial charge in [-0.2, -0.15) is 0 Å². The lowest BCUT2D eigenvalue weighted by Gasteiger charge is -2.30. The molecule has 2 unspecified atom stereocenters. The lowest BCUT2D eigenvalue weighted by molar-refractivity contribution is -0.118. The molecular weight excluding hydrogens is 202 g/mol. The zero-order chi connectivity index (χ0) is 12.4. The highest BCUT2D eigenvalue weighted by Gasteiger charge is 2.16. The molecule has 0 heterocycles. The molecule has 0 bridgehead atoms. The smallest absolute Gasteiger partial charge is 0.109 e. The van der Waals surface area contributed by atoms with Crippen molar-refractivity contribution in [1.29, 1.82) is 0 Å². The normalized spacial score (nSPS) is 15.4. The highest BCUT2D eigenvalue weighted by molar-refractivity contribution is 4.60. The number of nitrogens with zero attached hydrogens (tertiary/aromatic N) is 1. The van der Waals surface area contributed by atoms with Crippen molar-refractivity contribution in [1.82, 2.24) is 4.90 Å². The first-order valence-electron chi connectivity index (χ1n) is 6.45. The Morgan fingerprint density at radius 2 is 1.31 bits per heavy atom. The summed E-state index contributed by atoms with van der Waals surface area (Å²) in [5.41, 5.74) is 0. The Morgan fingerprint density at radius 3 is 1.62 bits per heavy atom. The molecule has 3 nitrogen and oxygen atoms in total. The van der Waals surface area contributed by atoms with Crippen molar-refractivity contribution in [3.63, 3.8) is 0 Å². The van der Waals surface area contributed by atoms with Gasteiger partial charge in [0.05, 0.1) is 0 Å². The molecule has 0 saturated carbocycles. The number of hydrogen-bond acceptors (Lipinski definition) is 3. The van der Waals surface area contributed by atoms with Crippen molar-refractivity contribution in [3.05, 3.63) is 7.05 Å². The van der Waals surface area contributed by atoms with Crippen LogP contribution in [0.3, 0.4) is 0 Å². The Balaban J connectivity index is 3.68. The van der Waals surface area contributed by atoms with E-state index in [1.54, 1.807) is 0 Å². The fourth-order valence-corrected chi connectivity index (χ4v) is 1.28. The molecule has 2 atom stereocenters. The van der Waals surface area contributed by atoms with E-state index in [-0.39, 0.29) is 12.5 Å². The molecule has 0 amide bonds. The Hall–Kier alpha value is -0.120. The zero-order valence-corrected chi connectivity index (χ0v) is 11.4. The molecule has 0 saturated heterocycles. The molecule has 16 heavy (non-hydrogen) atoms. The van der Waals surface area contributed by atoms with Crippen LogP contribution in [0.5, 0.6) is 0 Å². The summed E-state index contributed by atoms with van der Waals surface area (Å²) in [5.74, 6) is 0. The van der Waals surface area contributed by atoms with Crippen LogP contribution in [0.2, 0.25) is 0 Å². The van der Waals surface area contributed by atoms with Crippen molar-refractivity contribution >= 4 is 0 Å². The summed E-state index contributed by atoms with van der Waals surface area (Å²) in [4.78, 5) is 1.88. The molecule has 0 aromatic rings. The van der Waals surface area contributed by atoms with Gasteiger partial charge in [0.25, 0.3) is 0 Å². The predicted octanol–water partition coefficient (Wildman–Crippen LogP) is 3.41. The average Bonchev–Trinajstić information content (AvgIpc) is 2.28. The first kappa shape index (κ1) is 15.9. The van der Waals surface area contributed by atoms with Crippen LogP contribution in [0.1, 0.15) is 53.4 Å². The van der Waals surface area contributed by atoms with Crippen LogP contribution >= 0.6 is 0 Å². The average molecular weight is 230 g/mol. The summed E-state index contributed by atoms with van der Waals surface area (Å²) in [6, 6.07) is 0. The second kappa shape index (κ2) is 10.1. The summed E-state index contributed by atoms with van der Waals surface area (Å²) in [5, 5.41) is 0. The Labute approximate surface area is 101 Å². The zero-order valence-electron chi connectivity index (χ0n) is 11.4. The molecule has 0 aliphatic heterocycles. The highest BCUT2D eigenvalue weighted by Crippen LogP contribution is 2.08. The molecule has 0 aliphatic rings. The predicted molar refractivity (Wildman–Crippen MR) is 67.8 cm³/mol. The minimum atomic E-state index is 0.0168. The minimum absolute atomic E-state index is 0.0168. The maximum atomic E-state index is 5.66. The fourth-order valence-electron chi connectivity index (χ4n) is 1.28. The summed E-state index contributed by atoms with van der Waals surface area (Å²) in [6.07, 6.45) is 4.55. The summed E-state index contributed by atoms with van der Waals surface area (Å²) in [7, 11) is 3.98. The van der Waals surface area contributed by atoms with E-state index in [1.165, 1.54) is 0 Å². The van der Waals surface area contributed by atoms with Crippen molar-refractivity contribution < 1.29 is 9.47 Å².